The molecule has 25 heavy (non-hydrogen) atoms. The monoisotopic (exact) mass is 381 g/mol. The third-order valence-electron chi connectivity index (χ3n) is 3.12. The van der Waals surface area contributed by atoms with Crippen molar-refractivity contribution in [3.63, 3.8) is 0 Å². The number of hydrogen-bond acceptors (Lipinski definition) is 5. The van der Waals surface area contributed by atoms with Crippen LogP contribution in [0.1, 0.15) is 13.8 Å². The third-order valence-corrected chi connectivity index (χ3v) is 5.92. The van der Waals surface area contributed by atoms with Crippen molar-refractivity contribution in [2.24, 2.45) is 5.92 Å². The minimum Gasteiger partial charge on any atom is -0.326 e. The maximum Gasteiger partial charge on any atom is 0.250 e. The molecule has 0 fully saturated rings. The van der Waals surface area contributed by atoms with Crippen molar-refractivity contribution in [2.75, 3.05) is 17.2 Å². The van der Waals surface area contributed by atoms with Crippen molar-refractivity contribution >= 4 is 44.5 Å². The molecule has 2 amide bonds. The maximum absolute atomic E-state index is 12.0. The van der Waals surface area contributed by atoms with Gasteiger partial charge in [0, 0.05) is 17.3 Å². The van der Waals surface area contributed by atoms with Crippen molar-refractivity contribution in [1.29, 1.82) is 0 Å². The minimum absolute atomic E-state index is 0.132. The number of carbonyl (C=O) groups is 2. The van der Waals surface area contributed by atoms with Crippen LogP contribution in [0.4, 0.5) is 11.4 Å². The number of sulfonamides is 1. The van der Waals surface area contributed by atoms with E-state index in [0.717, 1.165) is 11.3 Å². The maximum atomic E-state index is 12.0. The van der Waals surface area contributed by atoms with Crippen LogP contribution < -0.4 is 15.4 Å². The van der Waals surface area contributed by atoms with Crippen LogP contribution in [0.3, 0.4) is 0 Å². The Balaban J connectivity index is 1.93. The van der Waals surface area contributed by atoms with Gasteiger partial charge in [0.05, 0.1) is 6.54 Å². The molecule has 3 N–H and O–H groups in total. The highest BCUT2D eigenvalue weighted by atomic mass is 32.2. The number of amides is 2. The summed E-state index contributed by atoms with van der Waals surface area (Å²) in [5.41, 5.74) is 1.01. The highest BCUT2D eigenvalue weighted by molar-refractivity contribution is 7.91. The second-order valence-electron chi connectivity index (χ2n) is 5.53. The smallest absolute Gasteiger partial charge is 0.250 e. The Morgan fingerprint density at radius 2 is 1.76 bits per heavy atom. The summed E-state index contributed by atoms with van der Waals surface area (Å²) < 4.78 is 26.3. The summed E-state index contributed by atoms with van der Waals surface area (Å²) >= 11 is 1.07. The number of rotatable bonds is 7. The Morgan fingerprint density at radius 3 is 2.36 bits per heavy atom. The zero-order valence-corrected chi connectivity index (χ0v) is 15.4. The van der Waals surface area contributed by atoms with Crippen molar-refractivity contribution in [3.8, 4) is 0 Å². The molecule has 2 rings (SSSR count). The van der Waals surface area contributed by atoms with E-state index in [1.807, 2.05) is 0 Å². The van der Waals surface area contributed by atoms with Gasteiger partial charge in [0.25, 0.3) is 10.0 Å². The van der Waals surface area contributed by atoms with Crippen LogP contribution in [-0.4, -0.2) is 26.8 Å². The molecule has 1 heterocycles. The Hall–Kier alpha value is -2.23. The molecule has 0 radical (unpaired) electrons. The Morgan fingerprint density at radius 1 is 1.08 bits per heavy atom. The third kappa shape index (κ3) is 5.66. The molecule has 2 aromatic rings. The molecule has 0 unspecified atom stereocenters. The van der Waals surface area contributed by atoms with Gasteiger partial charge in [-0.3, -0.25) is 9.59 Å². The average molecular weight is 381 g/mol. The van der Waals surface area contributed by atoms with Crippen molar-refractivity contribution in [3.05, 3.63) is 41.8 Å². The first-order valence-electron chi connectivity index (χ1n) is 7.52. The molecule has 1 aromatic carbocycles. The molecule has 134 valence electrons. The SMILES string of the molecule is CC(C)C(=O)Nc1cccc(NC(=O)CNS(=O)(=O)c2cccs2)c1. The van der Waals surface area contributed by atoms with Crippen LogP contribution in [0.25, 0.3) is 0 Å². The fraction of sp³-hybridized carbons (Fsp3) is 0.250. The topological polar surface area (TPSA) is 104 Å². The molecule has 0 aliphatic heterocycles. The first-order chi connectivity index (χ1) is 11.8. The summed E-state index contributed by atoms with van der Waals surface area (Å²) in [6.45, 7) is 3.17. The lowest BCUT2D eigenvalue weighted by Crippen LogP contribution is -2.32. The van der Waals surface area contributed by atoms with Gasteiger partial charge in [0.15, 0.2) is 0 Å². The molecule has 0 saturated heterocycles. The second-order valence-corrected chi connectivity index (χ2v) is 8.47. The first kappa shape index (κ1) is 19.1. The van der Waals surface area contributed by atoms with Gasteiger partial charge in [0.2, 0.25) is 11.8 Å². The normalized spacial score (nSPS) is 11.3. The van der Waals surface area contributed by atoms with Crippen molar-refractivity contribution < 1.29 is 18.0 Å². The van der Waals surface area contributed by atoms with E-state index in [9.17, 15) is 18.0 Å². The van der Waals surface area contributed by atoms with Crippen LogP contribution in [0.5, 0.6) is 0 Å². The summed E-state index contributed by atoms with van der Waals surface area (Å²) in [4.78, 5) is 23.6. The predicted molar refractivity (Wildman–Crippen MR) is 98.0 cm³/mol. The van der Waals surface area contributed by atoms with Gasteiger partial charge in [-0.25, -0.2) is 13.1 Å². The lowest BCUT2D eigenvalue weighted by Gasteiger charge is -2.10. The zero-order chi connectivity index (χ0) is 18.4. The summed E-state index contributed by atoms with van der Waals surface area (Å²) in [6.07, 6.45) is 0. The van der Waals surface area contributed by atoms with E-state index in [1.165, 1.54) is 6.07 Å². The summed E-state index contributed by atoms with van der Waals surface area (Å²) in [5, 5.41) is 6.96. The number of anilines is 2. The molecule has 9 heteroatoms. The largest absolute Gasteiger partial charge is 0.326 e. The highest BCUT2D eigenvalue weighted by Gasteiger charge is 2.16. The zero-order valence-electron chi connectivity index (χ0n) is 13.8. The van der Waals surface area contributed by atoms with Crippen molar-refractivity contribution in [2.45, 2.75) is 18.1 Å². The van der Waals surface area contributed by atoms with Gasteiger partial charge in [0.1, 0.15) is 4.21 Å². The summed E-state index contributed by atoms with van der Waals surface area (Å²) in [5.74, 6) is -0.801. The minimum atomic E-state index is -3.69. The molecule has 0 saturated carbocycles. The highest BCUT2D eigenvalue weighted by Crippen LogP contribution is 2.17. The van der Waals surface area contributed by atoms with Gasteiger partial charge in [-0.15, -0.1) is 11.3 Å². The molecule has 0 atom stereocenters. The van der Waals surface area contributed by atoms with E-state index in [-0.39, 0.29) is 22.6 Å². The van der Waals surface area contributed by atoms with Crippen LogP contribution >= 0.6 is 11.3 Å². The Kier molecular flexibility index (Phi) is 6.29. The van der Waals surface area contributed by atoms with Crippen LogP contribution in [0, 0.1) is 5.92 Å². The second kappa shape index (κ2) is 8.24. The van der Waals surface area contributed by atoms with E-state index in [0.29, 0.717) is 11.4 Å². The average Bonchev–Trinajstić information content (AvgIpc) is 3.08. The number of nitrogens with one attached hydrogen (secondary N) is 3. The van der Waals surface area contributed by atoms with Crippen molar-refractivity contribution in [1.82, 2.24) is 4.72 Å². The predicted octanol–water partition coefficient (Wildman–Crippen LogP) is 2.26. The molecule has 0 aliphatic carbocycles. The number of hydrogen-bond donors (Lipinski definition) is 3. The Labute approximate surface area is 150 Å². The summed E-state index contributed by atoms with van der Waals surface area (Å²) in [6, 6.07) is 9.72. The standard InChI is InChI=1S/C16H19N3O4S2/c1-11(2)16(21)19-13-6-3-5-12(9-13)18-14(20)10-17-25(22,23)15-7-4-8-24-15/h3-9,11,17H,10H2,1-2H3,(H,18,20)(H,19,21). The van der Waals surface area contributed by atoms with E-state index < -0.39 is 15.9 Å². The van der Waals surface area contributed by atoms with E-state index in [4.69, 9.17) is 0 Å². The Bertz CT molecular complexity index is 846. The van der Waals surface area contributed by atoms with Crippen LogP contribution in [-0.2, 0) is 19.6 Å². The van der Waals surface area contributed by atoms with E-state index in [1.54, 1.807) is 49.6 Å². The van der Waals surface area contributed by atoms with Crippen LogP contribution in [0.15, 0.2) is 46.0 Å². The fourth-order valence-corrected chi connectivity index (χ4v) is 3.83. The van der Waals surface area contributed by atoms with E-state index in [2.05, 4.69) is 15.4 Å². The van der Waals surface area contributed by atoms with Crippen LogP contribution in [0.2, 0.25) is 0 Å². The lowest BCUT2D eigenvalue weighted by molar-refractivity contribution is -0.119. The number of benzene rings is 1. The molecule has 7 nitrogen and oxygen atoms in total. The van der Waals surface area contributed by atoms with Gasteiger partial charge in [-0.2, -0.15) is 0 Å². The number of carbonyl (C=O) groups excluding carboxylic acids is 2. The van der Waals surface area contributed by atoms with Gasteiger partial charge < -0.3 is 10.6 Å². The molecule has 1 aromatic heterocycles. The van der Waals surface area contributed by atoms with Gasteiger partial charge in [-0.1, -0.05) is 26.0 Å². The van der Waals surface area contributed by atoms with E-state index >= 15 is 0 Å². The molecular weight excluding hydrogens is 362 g/mol. The quantitative estimate of drug-likeness (QED) is 0.684. The lowest BCUT2D eigenvalue weighted by atomic mass is 10.2. The van der Waals surface area contributed by atoms with Gasteiger partial charge >= 0.3 is 0 Å². The first-order valence-corrected chi connectivity index (χ1v) is 9.88. The summed E-state index contributed by atoms with van der Waals surface area (Å²) in [7, 11) is -3.69. The molecule has 0 aliphatic rings. The van der Waals surface area contributed by atoms with Gasteiger partial charge in [-0.05, 0) is 29.6 Å². The fourth-order valence-electron chi connectivity index (χ4n) is 1.81. The molecular formula is C16H19N3O4S2. The molecule has 0 bridgehead atoms. The number of thiophene rings is 1. The molecule has 0 spiro atoms.